The van der Waals surface area contributed by atoms with E-state index in [0.717, 1.165) is 11.4 Å². The van der Waals surface area contributed by atoms with Crippen LogP contribution in [0.3, 0.4) is 0 Å². The van der Waals surface area contributed by atoms with Crippen molar-refractivity contribution in [1.82, 2.24) is 5.32 Å². The Morgan fingerprint density at radius 1 is 1.73 bits per heavy atom. The van der Waals surface area contributed by atoms with Crippen LogP contribution >= 0.6 is 11.3 Å². The lowest BCUT2D eigenvalue weighted by Gasteiger charge is -2.04. The van der Waals surface area contributed by atoms with E-state index < -0.39 is 5.97 Å². The smallest absolute Gasteiger partial charge is 0.336 e. The summed E-state index contributed by atoms with van der Waals surface area (Å²) in [6.07, 6.45) is 1.21. The molecule has 1 saturated carbocycles. The molecule has 1 aromatic rings. The van der Waals surface area contributed by atoms with E-state index in [2.05, 4.69) is 19.2 Å². The number of carboxylic acids is 1. The summed E-state index contributed by atoms with van der Waals surface area (Å²) in [6, 6.07) is 2.34. The molecular formula is C11H15NO2S. The zero-order valence-corrected chi connectivity index (χ0v) is 9.73. The first-order chi connectivity index (χ1) is 6.99. The Morgan fingerprint density at radius 3 is 2.87 bits per heavy atom. The van der Waals surface area contributed by atoms with E-state index in [4.69, 9.17) is 5.11 Å². The zero-order valence-electron chi connectivity index (χ0n) is 8.91. The lowest BCUT2D eigenvalue weighted by Crippen LogP contribution is -2.19. The van der Waals surface area contributed by atoms with Crippen LogP contribution in [0.4, 0.5) is 0 Å². The highest BCUT2D eigenvalue weighted by atomic mass is 32.1. The maximum atomic E-state index is 10.7. The van der Waals surface area contributed by atoms with E-state index in [1.165, 1.54) is 17.8 Å². The number of carbonyl (C=O) groups is 1. The van der Waals surface area contributed by atoms with Gasteiger partial charge in [0.2, 0.25) is 0 Å². The van der Waals surface area contributed by atoms with Gasteiger partial charge in [0.25, 0.3) is 0 Å². The second-order valence-electron chi connectivity index (χ2n) is 4.73. The molecule has 0 aliphatic heterocycles. The number of carboxylic acid groups (broad SMARTS) is 1. The van der Waals surface area contributed by atoms with Gasteiger partial charge >= 0.3 is 5.97 Å². The lowest BCUT2D eigenvalue weighted by molar-refractivity contribution is 0.0697. The average Bonchev–Trinajstić information content (AvgIpc) is 2.63. The highest BCUT2D eigenvalue weighted by Crippen LogP contribution is 2.44. The van der Waals surface area contributed by atoms with Gasteiger partial charge in [-0.2, -0.15) is 0 Å². The fraction of sp³-hybridized carbons (Fsp3) is 0.545. The highest BCUT2D eigenvalue weighted by Gasteiger charge is 2.44. The minimum Gasteiger partial charge on any atom is -0.478 e. The lowest BCUT2D eigenvalue weighted by atomic mass is 10.2. The molecule has 0 aromatic carbocycles. The quantitative estimate of drug-likeness (QED) is 0.827. The monoisotopic (exact) mass is 225 g/mol. The van der Waals surface area contributed by atoms with Crippen LogP contribution in [-0.4, -0.2) is 17.1 Å². The van der Waals surface area contributed by atoms with Crippen molar-refractivity contribution in [3.05, 3.63) is 21.9 Å². The third kappa shape index (κ3) is 2.38. The van der Waals surface area contributed by atoms with Gasteiger partial charge in [0.1, 0.15) is 0 Å². The van der Waals surface area contributed by atoms with Crippen molar-refractivity contribution in [3.8, 4) is 0 Å². The van der Waals surface area contributed by atoms with Crippen molar-refractivity contribution >= 4 is 17.3 Å². The number of hydrogen-bond donors (Lipinski definition) is 2. The molecule has 2 N–H and O–H groups in total. The van der Waals surface area contributed by atoms with Crippen molar-refractivity contribution < 1.29 is 9.90 Å². The Labute approximate surface area is 93.1 Å². The summed E-state index contributed by atoms with van der Waals surface area (Å²) in [5, 5.41) is 13.9. The molecule has 0 spiro atoms. The summed E-state index contributed by atoms with van der Waals surface area (Å²) in [5.74, 6) is -0.843. The van der Waals surface area contributed by atoms with Crippen LogP contribution < -0.4 is 5.32 Å². The first kappa shape index (κ1) is 10.6. The van der Waals surface area contributed by atoms with Crippen molar-refractivity contribution in [3.63, 3.8) is 0 Å². The van der Waals surface area contributed by atoms with Gasteiger partial charge in [0.05, 0.1) is 5.56 Å². The Kier molecular flexibility index (Phi) is 2.56. The molecule has 1 fully saturated rings. The van der Waals surface area contributed by atoms with E-state index in [0.29, 0.717) is 17.0 Å². The molecule has 0 radical (unpaired) electrons. The fourth-order valence-electron chi connectivity index (χ4n) is 1.62. The minimum absolute atomic E-state index is 0.395. The number of thiophene rings is 1. The zero-order chi connectivity index (χ0) is 11.1. The van der Waals surface area contributed by atoms with Crippen molar-refractivity contribution in [2.45, 2.75) is 32.9 Å². The third-order valence-electron chi connectivity index (χ3n) is 2.94. The predicted molar refractivity (Wildman–Crippen MR) is 60.3 cm³/mol. The largest absolute Gasteiger partial charge is 0.478 e. The summed E-state index contributed by atoms with van der Waals surface area (Å²) in [5.41, 5.74) is 0.819. The number of aromatic carboxylic acids is 1. The molecule has 2 rings (SSSR count). The van der Waals surface area contributed by atoms with Gasteiger partial charge in [0, 0.05) is 22.8 Å². The van der Waals surface area contributed by atoms with Crippen LogP contribution in [-0.2, 0) is 6.54 Å². The summed E-state index contributed by atoms with van der Waals surface area (Å²) in [7, 11) is 0. The van der Waals surface area contributed by atoms with Gasteiger partial charge in [0.15, 0.2) is 0 Å². The van der Waals surface area contributed by atoms with Gasteiger partial charge in [-0.1, -0.05) is 13.8 Å². The average molecular weight is 225 g/mol. The maximum absolute atomic E-state index is 10.7. The van der Waals surface area contributed by atoms with E-state index in [1.54, 1.807) is 11.4 Å². The summed E-state index contributed by atoms with van der Waals surface area (Å²) in [4.78, 5) is 11.7. The summed E-state index contributed by atoms with van der Waals surface area (Å²) >= 11 is 1.50. The second-order valence-corrected chi connectivity index (χ2v) is 5.73. The molecule has 4 heteroatoms. The summed E-state index contributed by atoms with van der Waals surface area (Å²) < 4.78 is 0. The Morgan fingerprint density at radius 2 is 2.40 bits per heavy atom. The molecular weight excluding hydrogens is 210 g/mol. The van der Waals surface area contributed by atoms with Crippen LogP contribution in [0.5, 0.6) is 0 Å². The van der Waals surface area contributed by atoms with Crippen molar-refractivity contribution in [1.29, 1.82) is 0 Å². The molecule has 0 amide bonds. The molecule has 1 heterocycles. The third-order valence-corrected chi connectivity index (χ3v) is 3.87. The number of hydrogen-bond acceptors (Lipinski definition) is 3. The second kappa shape index (κ2) is 3.61. The normalized spacial score (nSPS) is 22.7. The summed E-state index contributed by atoms with van der Waals surface area (Å²) in [6.45, 7) is 5.26. The molecule has 1 aliphatic rings. The van der Waals surface area contributed by atoms with Crippen LogP contribution in [0.25, 0.3) is 0 Å². The van der Waals surface area contributed by atoms with E-state index in [9.17, 15) is 4.79 Å². The van der Waals surface area contributed by atoms with E-state index in [1.807, 2.05) is 0 Å². The first-order valence-corrected chi connectivity index (χ1v) is 5.91. The van der Waals surface area contributed by atoms with Gasteiger partial charge in [-0.25, -0.2) is 4.79 Å². The molecule has 1 atom stereocenters. The molecule has 1 aromatic heterocycles. The van der Waals surface area contributed by atoms with E-state index in [-0.39, 0.29) is 0 Å². The predicted octanol–water partition coefficient (Wildman–Crippen LogP) is 2.33. The van der Waals surface area contributed by atoms with Gasteiger partial charge in [-0.05, 0) is 17.9 Å². The molecule has 1 unspecified atom stereocenters. The molecule has 0 bridgehead atoms. The first-order valence-electron chi connectivity index (χ1n) is 5.03. The standard InChI is InChI=1S/C11H15NO2S/c1-11(2)4-9(11)12-5-8-3-7(6-15-8)10(13)14/h3,6,9,12H,4-5H2,1-2H3,(H,13,14). The Bertz CT molecular complexity index is 384. The SMILES string of the molecule is CC1(C)CC1NCc1cc(C(=O)O)cs1. The van der Waals surface area contributed by atoms with Crippen molar-refractivity contribution in [2.75, 3.05) is 0 Å². The van der Waals surface area contributed by atoms with Crippen LogP contribution in [0.15, 0.2) is 11.4 Å². The maximum Gasteiger partial charge on any atom is 0.336 e. The Balaban J connectivity index is 1.86. The molecule has 15 heavy (non-hydrogen) atoms. The Hall–Kier alpha value is -0.870. The molecule has 3 nitrogen and oxygen atoms in total. The molecule has 1 aliphatic carbocycles. The van der Waals surface area contributed by atoms with Crippen LogP contribution in [0.1, 0.15) is 35.5 Å². The van der Waals surface area contributed by atoms with Gasteiger partial charge < -0.3 is 10.4 Å². The number of nitrogens with one attached hydrogen (secondary N) is 1. The van der Waals surface area contributed by atoms with Crippen molar-refractivity contribution in [2.24, 2.45) is 5.41 Å². The van der Waals surface area contributed by atoms with Crippen LogP contribution in [0.2, 0.25) is 0 Å². The molecule has 0 saturated heterocycles. The van der Waals surface area contributed by atoms with Crippen LogP contribution in [0, 0.1) is 5.41 Å². The highest BCUT2D eigenvalue weighted by molar-refractivity contribution is 7.10. The topological polar surface area (TPSA) is 49.3 Å². The van der Waals surface area contributed by atoms with E-state index >= 15 is 0 Å². The minimum atomic E-state index is -0.843. The molecule has 82 valence electrons. The number of rotatable bonds is 4. The van der Waals surface area contributed by atoms with Gasteiger partial charge in [-0.3, -0.25) is 0 Å². The van der Waals surface area contributed by atoms with Gasteiger partial charge in [-0.15, -0.1) is 11.3 Å². The fourth-order valence-corrected chi connectivity index (χ4v) is 2.43.